The summed E-state index contributed by atoms with van der Waals surface area (Å²) in [7, 11) is 1.56. The van der Waals surface area contributed by atoms with Crippen molar-refractivity contribution in [3.05, 3.63) is 35.6 Å². The Bertz CT molecular complexity index is 381. The van der Waals surface area contributed by atoms with Crippen molar-refractivity contribution in [2.24, 2.45) is 5.73 Å². The molecule has 1 aromatic rings. The highest BCUT2D eigenvalue weighted by Gasteiger charge is 2.16. The van der Waals surface area contributed by atoms with Crippen LogP contribution in [0.4, 0.5) is 4.39 Å². The van der Waals surface area contributed by atoms with Crippen molar-refractivity contribution >= 4 is 5.91 Å². The topological polar surface area (TPSA) is 64.3 Å². The molecule has 0 fully saturated rings. The van der Waals surface area contributed by atoms with Crippen LogP contribution in [0.5, 0.6) is 0 Å². The molecular weight excluding hydrogens is 235 g/mol. The van der Waals surface area contributed by atoms with Crippen LogP contribution in [0.3, 0.4) is 0 Å². The molecule has 0 aliphatic heterocycles. The van der Waals surface area contributed by atoms with Crippen LogP contribution >= 0.6 is 0 Å². The van der Waals surface area contributed by atoms with Gasteiger partial charge in [0.2, 0.25) is 5.91 Å². The predicted molar refractivity (Wildman–Crippen MR) is 67.4 cm³/mol. The van der Waals surface area contributed by atoms with Gasteiger partial charge in [0, 0.05) is 13.7 Å². The van der Waals surface area contributed by atoms with E-state index in [0.717, 1.165) is 5.56 Å². The first-order valence-electron chi connectivity index (χ1n) is 5.85. The van der Waals surface area contributed by atoms with Gasteiger partial charge >= 0.3 is 0 Å². The largest absolute Gasteiger partial charge is 0.385 e. The standard InChI is InChI=1S/C13H19FN2O2/c1-9(10-3-5-11(14)6-4-10)16-13(17)12(15)7-8-18-2/h3-6,9,12H,7-8,15H2,1-2H3,(H,16,17). The summed E-state index contributed by atoms with van der Waals surface area (Å²) in [6, 6.07) is 5.22. The second-order valence-electron chi connectivity index (χ2n) is 4.17. The zero-order chi connectivity index (χ0) is 13.5. The summed E-state index contributed by atoms with van der Waals surface area (Å²) in [5, 5.41) is 2.78. The van der Waals surface area contributed by atoms with Gasteiger partial charge in [0.15, 0.2) is 0 Å². The van der Waals surface area contributed by atoms with E-state index in [0.29, 0.717) is 13.0 Å². The molecule has 0 spiro atoms. The molecule has 1 aromatic carbocycles. The molecule has 2 atom stereocenters. The highest BCUT2D eigenvalue weighted by atomic mass is 19.1. The maximum Gasteiger partial charge on any atom is 0.237 e. The Morgan fingerprint density at radius 3 is 2.61 bits per heavy atom. The Morgan fingerprint density at radius 1 is 1.44 bits per heavy atom. The van der Waals surface area contributed by atoms with E-state index >= 15 is 0 Å². The molecule has 0 saturated carbocycles. The zero-order valence-electron chi connectivity index (χ0n) is 10.7. The molecule has 1 rings (SSSR count). The molecule has 0 heterocycles. The molecule has 0 aliphatic carbocycles. The zero-order valence-corrected chi connectivity index (χ0v) is 10.7. The van der Waals surface area contributed by atoms with Crippen molar-refractivity contribution < 1.29 is 13.9 Å². The SMILES string of the molecule is COCCC(N)C(=O)NC(C)c1ccc(F)cc1. The van der Waals surface area contributed by atoms with E-state index < -0.39 is 6.04 Å². The van der Waals surface area contributed by atoms with Crippen LogP contribution in [0.15, 0.2) is 24.3 Å². The number of hydrogen-bond donors (Lipinski definition) is 2. The number of halogens is 1. The molecule has 3 N–H and O–H groups in total. The number of ether oxygens (including phenoxy) is 1. The Labute approximate surface area is 106 Å². The third-order valence-corrected chi connectivity index (χ3v) is 2.70. The van der Waals surface area contributed by atoms with Gasteiger partial charge in [-0.05, 0) is 31.0 Å². The highest BCUT2D eigenvalue weighted by molar-refractivity contribution is 5.81. The lowest BCUT2D eigenvalue weighted by Gasteiger charge is -2.17. The number of carbonyl (C=O) groups is 1. The summed E-state index contributed by atoms with van der Waals surface area (Å²) in [4.78, 5) is 11.7. The van der Waals surface area contributed by atoms with Crippen LogP contribution < -0.4 is 11.1 Å². The van der Waals surface area contributed by atoms with Crippen LogP contribution in [-0.4, -0.2) is 25.7 Å². The van der Waals surface area contributed by atoms with Crippen molar-refractivity contribution in [1.29, 1.82) is 0 Å². The van der Waals surface area contributed by atoms with E-state index in [4.69, 9.17) is 10.5 Å². The van der Waals surface area contributed by atoms with Crippen molar-refractivity contribution in [2.45, 2.75) is 25.4 Å². The lowest BCUT2D eigenvalue weighted by Crippen LogP contribution is -2.42. The van der Waals surface area contributed by atoms with Crippen molar-refractivity contribution in [3.63, 3.8) is 0 Å². The molecule has 0 aliphatic rings. The maximum atomic E-state index is 12.8. The Kier molecular flexibility index (Phi) is 5.74. The van der Waals surface area contributed by atoms with Gasteiger partial charge in [0.1, 0.15) is 5.82 Å². The van der Waals surface area contributed by atoms with Gasteiger partial charge in [-0.25, -0.2) is 4.39 Å². The molecule has 0 bridgehead atoms. The molecule has 0 radical (unpaired) electrons. The fourth-order valence-electron chi connectivity index (χ4n) is 1.53. The van der Waals surface area contributed by atoms with Gasteiger partial charge in [-0.2, -0.15) is 0 Å². The van der Waals surface area contributed by atoms with Gasteiger partial charge < -0.3 is 15.8 Å². The first-order chi connectivity index (χ1) is 8.54. The van der Waals surface area contributed by atoms with Crippen LogP contribution in [0, 0.1) is 5.82 Å². The number of carbonyl (C=O) groups excluding carboxylic acids is 1. The van der Waals surface area contributed by atoms with Crippen LogP contribution in [0.2, 0.25) is 0 Å². The number of methoxy groups -OCH3 is 1. The molecule has 0 aromatic heterocycles. The summed E-state index contributed by atoms with van der Waals surface area (Å²) >= 11 is 0. The van der Waals surface area contributed by atoms with Crippen molar-refractivity contribution in [2.75, 3.05) is 13.7 Å². The average Bonchev–Trinajstić information content (AvgIpc) is 2.36. The van der Waals surface area contributed by atoms with Gasteiger partial charge in [-0.15, -0.1) is 0 Å². The molecule has 0 saturated heterocycles. The highest BCUT2D eigenvalue weighted by Crippen LogP contribution is 2.12. The van der Waals surface area contributed by atoms with E-state index in [1.165, 1.54) is 12.1 Å². The van der Waals surface area contributed by atoms with Crippen LogP contribution in [0.1, 0.15) is 24.9 Å². The predicted octanol–water partition coefficient (Wildman–Crippen LogP) is 1.37. The van der Waals surface area contributed by atoms with Crippen molar-refractivity contribution in [1.82, 2.24) is 5.32 Å². The summed E-state index contributed by atoms with van der Waals surface area (Å²) < 4.78 is 17.6. The first-order valence-corrected chi connectivity index (χ1v) is 5.85. The maximum absolute atomic E-state index is 12.8. The summed E-state index contributed by atoms with van der Waals surface area (Å²) in [6.07, 6.45) is 0.471. The smallest absolute Gasteiger partial charge is 0.237 e. The molecule has 18 heavy (non-hydrogen) atoms. The number of benzene rings is 1. The summed E-state index contributed by atoms with van der Waals surface area (Å²) in [5.74, 6) is -0.530. The fourth-order valence-corrected chi connectivity index (χ4v) is 1.53. The minimum atomic E-state index is -0.590. The molecule has 1 amide bonds. The van der Waals surface area contributed by atoms with Gasteiger partial charge in [0.25, 0.3) is 0 Å². The lowest BCUT2D eigenvalue weighted by molar-refractivity contribution is -0.123. The first kappa shape index (κ1) is 14.6. The van der Waals surface area contributed by atoms with E-state index in [9.17, 15) is 9.18 Å². The Balaban J connectivity index is 2.51. The van der Waals surface area contributed by atoms with Crippen LogP contribution in [-0.2, 0) is 9.53 Å². The summed E-state index contributed by atoms with van der Waals surface area (Å²) in [5.41, 5.74) is 6.54. The third-order valence-electron chi connectivity index (χ3n) is 2.70. The monoisotopic (exact) mass is 254 g/mol. The molecule has 2 unspecified atom stereocenters. The minimum absolute atomic E-state index is 0.202. The molecule has 100 valence electrons. The number of hydrogen-bond acceptors (Lipinski definition) is 3. The van der Waals surface area contributed by atoms with E-state index in [1.54, 1.807) is 19.2 Å². The van der Waals surface area contributed by atoms with Crippen LogP contribution in [0.25, 0.3) is 0 Å². The number of nitrogens with one attached hydrogen (secondary N) is 1. The van der Waals surface area contributed by atoms with Gasteiger partial charge in [-0.1, -0.05) is 12.1 Å². The quantitative estimate of drug-likeness (QED) is 0.805. The minimum Gasteiger partial charge on any atom is -0.385 e. The van der Waals surface area contributed by atoms with E-state index in [-0.39, 0.29) is 17.8 Å². The number of nitrogens with two attached hydrogens (primary N) is 1. The Hall–Kier alpha value is -1.46. The number of rotatable bonds is 6. The number of amides is 1. The normalized spacial score (nSPS) is 14.0. The van der Waals surface area contributed by atoms with E-state index in [1.807, 2.05) is 6.92 Å². The fraction of sp³-hybridized carbons (Fsp3) is 0.462. The summed E-state index contributed by atoms with van der Waals surface area (Å²) in [6.45, 7) is 2.27. The lowest BCUT2D eigenvalue weighted by atomic mass is 10.1. The van der Waals surface area contributed by atoms with Crippen molar-refractivity contribution in [3.8, 4) is 0 Å². The Morgan fingerprint density at radius 2 is 2.06 bits per heavy atom. The second-order valence-corrected chi connectivity index (χ2v) is 4.17. The molecule has 5 heteroatoms. The average molecular weight is 254 g/mol. The molecular formula is C13H19FN2O2. The van der Waals surface area contributed by atoms with E-state index in [2.05, 4.69) is 5.32 Å². The third kappa shape index (κ3) is 4.43. The van der Waals surface area contributed by atoms with Gasteiger partial charge in [-0.3, -0.25) is 4.79 Å². The van der Waals surface area contributed by atoms with Gasteiger partial charge in [0.05, 0.1) is 12.1 Å². The molecule has 4 nitrogen and oxygen atoms in total. The second kappa shape index (κ2) is 7.08.